The molecule has 1 aromatic heterocycles. The number of fused-ring (bicyclic) bond motifs is 5. The Hall–Kier alpha value is -3.56. The highest BCUT2D eigenvalue weighted by Gasteiger charge is 2.14. The quantitative estimate of drug-likeness (QED) is 0.227. The Labute approximate surface area is 193 Å². The van der Waals surface area contributed by atoms with Crippen LogP contribution in [0.1, 0.15) is 0 Å². The van der Waals surface area contributed by atoms with Crippen LogP contribution in [0.2, 0.25) is 0 Å². The summed E-state index contributed by atoms with van der Waals surface area (Å²) in [5.74, 6) is -0.248. The Morgan fingerprint density at radius 3 is 2.09 bits per heavy atom. The molecule has 0 amide bonds. The van der Waals surface area contributed by atoms with E-state index in [0.29, 0.717) is 0 Å². The second-order valence-electron chi connectivity index (χ2n) is 7.92. The fourth-order valence-corrected chi connectivity index (χ4v) is 4.69. The largest absolute Gasteiger partial charge is 0.247 e. The van der Waals surface area contributed by atoms with E-state index in [0.717, 1.165) is 43.1 Å². The van der Waals surface area contributed by atoms with Crippen LogP contribution in [0.3, 0.4) is 0 Å². The first-order valence-electron chi connectivity index (χ1n) is 10.4. The van der Waals surface area contributed by atoms with Crippen molar-refractivity contribution in [1.29, 1.82) is 0 Å². The molecule has 1 nitrogen and oxygen atoms in total. The summed E-state index contributed by atoms with van der Waals surface area (Å²) in [5.41, 5.74) is 4.95. The van der Waals surface area contributed by atoms with Gasteiger partial charge >= 0.3 is 0 Å². The zero-order valence-electron chi connectivity index (χ0n) is 17.0. The number of pyridine rings is 1. The van der Waals surface area contributed by atoms with E-state index in [9.17, 15) is 4.39 Å². The minimum absolute atomic E-state index is 0.248. The molecule has 0 aliphatic heterocycles. The third-order valence-corrected chi connectivity index (χ3v) is 6.51. The van der Waals surface area contributed by atoms with Crippen LogP contribution in [0.25, 0.3) is 54.8 Å². The summed E-state index contributed by atoms with van der Waals surface area (Å²) in [6.07, 6.45) is 0. The van der Waals surface area contributed by atoms with E-state index in [2.05, 4.69) is 82.7 Å². The Morgan fingerprint density at radius 2 is 1.28 bits per heavy atom. The van der Waals surface area contributed by atoms with E-state index in [4.69, 9.17) is 4.98 Å². The van der Waals surface area contributed by atoms with E-state index < -0.39 is 0 Å². The third-order valence-electron chi connectivity index (χ3n) is 5.98. The van der Waals surface area contributed by atoms with Crippen LogP contribution in [0.5, 0.6) is 0 Å². The van der Waals surface area contributed by atoms with Gasteiger partial charge in [0, 0.05) is 26.2 Å². The smallest absolute Gasteiger partial charge is 0.123 e. The monoisotopic (exact) mass is 477 g/mol. The highest BCUT2D eigenvalue weighted by molar-refractivity contribution is 9.10. The van der Waals surface area contributed by atoms with Crippen molar-refractivity contribution in [3.63, 3.8) is 0 Å². The molecule has 0 N–H and O–H groups in total. The Kier molecular flexibility index (Phi) is 4.51. The molecule has 6 rings (SSSR count). The Bertz CT molecular complexity index is 1620. The van der Waals surface area contributed by atoms with Crippen LogP contribution in [-0.4, -0.2) is 4.98 Å². The summed E-state index contributed by atoms with van der Waals surface area (Å²) in [5, 5.41) is 5.74. The van der Waals surface area contributed by atoms with Gasteiger partial charge in [0.1, 0.15) is 5.82 Å². The number of nitrogens with zero attached hydrogens (tertiary/aromatic N) is 1. The van der Waals surface area contributed by atoms with Gasteiger partial charge in [-0.15, -0.1) is 0 Å². The van der Waals surface area contributed by atoms with Gasteiger partial charge < -0.3 is 0 Å². The fourth-order valence-electron chi connectivity index (χ4n) is 4.42. The lowest BCUT2D eigenvalue weighted by Crippen LogP contribution is -1.92. The second kappa shape index (κ2) is 7.54. The van der Waals surface area contributed by atoms with Gasteiger partial charge in [-0.2, -0.15) is 0 Å². The van der Waals surface area contributed by atoms with Gasteiger partial charge in [-0.25, -0.2) is 9.37 Å². The van der Waals surface area contributed by atoms with E-state index in [-0.39, 0.29) is 5.82 Å². The average Bonchev–Trinajstić information content (AvgIpc) is 2.84. The van der Waals surface area contributed by atoms with Crippen molar-refractivity contribution >= 4 is 48.4 Å². The zero-order valence-corrected chi connectivity index (χ0v) is 18.6. The number of halogens is 2. The maximum Gasteiger partial charge on any atom is 0.123 e. The van der Waals surface area contributed by atoms with Crippen LogP contribution in [-0.2, 0) is 0 Å². The number of hydrogen-bond donors (Lipinski definition) is 0. The molecule has 0 spiro atoms. The van der Waals surface area contributed by atoms with Gasteiger partial charge in [-0.1, -0.05) is 76.6 Å². The van der Waals surface area contributed by atoms with Crippen molar-refractivity contribution in [2.75, 3.05) is 0 Å². The minimum atomic E-state index is -0.248. The highest BCUT2D eigenvalue weighted by Crippen LogP contribution is 2.38. The van der Waals surface area contributed by atoms with Crippen molar-refractivity contribution in [2.45, 2.75) is 0 Å². The first-order chi connectivity index (χ1) is 15.7. The summed E-state index contributed by atoms with van der Waals surface area (Å²) >= 11 is 3.51. The van der Waals surface area contributed by atoms with Crippen LogP contribution in [0.15, 0.2) is 108 Å². The summed E-state index contributed by atoms with van der Waals surface area (Å²) in [6.45, 7) is 0. The first-order valence-corrected chi connectivity index (χ1v) is 11.2. The molecule has 152 valence electrons. The van der Waals surface area contributed by atoms with E-state index in [1.165, 1.54) is 28.3 Å². The van der Waals surface area contributed by atoms with Crippen molar-refractivity contribution < 1.29 is 4.39 Å². The van der Waals surface area contributed by atoms with Gasteiger partial charge in [0.2, 0.25) is 0 Å². The van der Waals surface area contributed by atoms with Gasteiger partial charge in [0.15, 0.2) is 0 Å². The van der Waals surface area contributed by atoms with Gasteiger partial charge in [-0.3, -0.25) is 0 Å². The average molecular weight is 478 g/mol. The maximum absolute atomic E-state index is 13.6. The minimum Gasteiger partial charge on any atom is -0.247 e. The lowest BCUT2D eigenvalue weighted by atomic mass is 9.94. The maximum atomic E-state index is 13.6. The molecular formula is C29H17BrFN. The van der Waals surface area contributed by atoms with E-state index in [1.54, 1.807) is 12.1 Å². The Balaban J connectivity index is 1.72. The fraction of sp³-hybridized carbons (Fsp3) is 0. The molecule has 0 atom stereocenters. The SMILES string of the molecule is Fc1ccc(-c2nc3cc(-c4ccc(Br)cc4)ccc3c3c2ccc2ccccc23)cc1. The van der Waals surface area contributed by atoms with Crippen LogP contribution in [0, 0.1) is 5.82 Å². The van der Waals surface area contributed by atoms with Gasteiger partial charge in [0.05, 0.1) is 11.2 Å². The lowest BCUT2D eigenvalue weighted by molar-refractivity contribution is 0.628. The molecule has 0 radical (unpaired) electrons. The molecular weight excluding hydrogens is 461 g/mol. The number of benzene rings is 5. The van der Waals surface area contributed by atoms with Crippen molar-refractivity contribution in [2.24, 2.45) is 0 Å². The van der Waals surface area contributed by atoms with Crippen molar-refractivity contribution in [1.82, 2.24) is 4.98 Å². The number of rotatable bonds is 2. The van der Waals surface area contributed by atoms with Crippen LogP contribution >= 0.6 is 15.9 Å². The normalized spacial score (nSPS) is 11.4. The zero-order chi connectivity index (χ0) is 21.7. The van der Waals surface area contributed by atoms with Crippen LogP contribution < -0.4 is 0 Å². The van der Waals surface area contributed by atoms with E-state index in [1.807, 2.05) is 12.1 Å². The van der Waals surface area contributed by atoms with Crippen LogP contribution in [0.4, 0.5) is 4.39 Å². The molecule has 0 aliphatic rings. The van der Waals surface area contributed by atoms with Gasteiger partial charge in [-0.05, 0) is 64.4 Å². The molecule has 1 heterocycles. The summed E-state index contributed by atoms with van der Waals surface area (Å²) in [7, 11) is 0. The third kappa shape index (κ3) is 3.17. The predicted molar refractivity (Wildman–Crippen MR) is 135 cm³/mol. The number of hydrogen-bond acceptors (Lipinski definition) is 1. The lowest BCUT2D eigenvalue weighted by Gasteiger charge is -2.14. The summed E-state index contributed by atoms with van der Waals surface area (Å²) < 4.78 is 14.7. The van der Waals surface area contributed by atoms with Crippen molar-refractivity contribution in [3.8, 4) is 22.4 Å². The highest BCUT2D eigenvalue weighted by atomic mass is 79.9. The predicted octanol–water partition coefficient (Wildman–Crippen LogP) is 8.78. The molecule has 0 unspecified atom stereocenters. The summed E-state index contributed by atoms with van der Waals surface area (Å²) in [6, 6.07) is 34.0. The molecule has 0 aliphatic carbocycles. The molecule has 0 saturated heterocycles. The molecule has 32 heavy (non-hydrogen) atoms. The molecule has 6 aromatic rings. The molecule has 0 bridgehead atoms. The first kappa shape index (κ1) is 19.1. The Morgan fingerprint density at radius 1 is 0.594 bits per heavy atom. The van der Waals surface area contributed by atoms with Gasteiger partial charge in [0.25, 0.3) is 0 Å². The molecule has 3 heteroatoms. The molecule has 5 aromatic carbocycles. The topological polar surface area (TPSA) is 12.9 Å². The van der Waals surface area contributed by atoms with E-state index >= 15 is 0 Å². The molecule has 0 fully saturated rings. The van der Waals surface area contributed by atoms with Crippen molar-refractivity contribution in [3.05, 3.63) is 113 Å². The second-order valence-corrected chi connectivity index (χ2v) is 8.83. The standard InChI is InChI=1S/C29H17BrFN/c30-22-11-5-18(6-12-22)21-10-15-25-27(17-21)32-29(20-7-13-23(31)14-8-20)26-16-9-19-3-1-2-4-24(19)28(25)26/h1-17H. The number of aromatic nitrogens is 1. The molecule has 0 saturated carbocycles. The summed E-state index contributed by atoms with van der Waals surface area (Å²) in [4.78, 5) is 5.08.